The molecule has 2 aliphatic rings. The van der Waals surface area contributed by atoms with Crippen LogP contribution >= 0.6 is 21.6 Å². The van der Waals surface area contributed by atoms with Crippen molar-refractivity contribution in [3.8, 4) is 0 Å². The van der Waals surface area contributed by atoms with E-state index in [2.05, 4.69) is 0 Å². The van der Waals surface area contributed by atoms with Crippen molar-refractivity contribution in [2.75, 3.05) is 24.7 Å². The van der Waals surface area contributed by atoms with E-state index in [0.29, 0.717) is 13.2 Å². The maximum absolute atomic E-state index is 11.2. The Labute approximate surface area is 102 Å². The third-order valence-electron chi connectivity index (χ3n) is 2.71. The summed E-state index contributed by atoms with van der Waals surface area (Å²) in [5.74, 6) is 1.51. The molecule has 90 valence electrons. The first-order chi connectivity index (χ1) is 7.77. The standard InChI is InChI=1S/C10H14O4S2/c11-9-7(1-3-13-9)5-15-16-6-8-2-4-14-10(8)12/h7-8H,1-6H2. The third-order valence-corrected chi connectivity index (χ3v) is 5.27. The highest BCUT2D eigenvalue weighted by Crippen LogP contribution is 2.31. The van der Waals surface area contributed by atoms with Crippen molar-refractivity contribution in [1.29, 1.82) is 0 Å². The number of hydrogen-bond donors (Lipinski definition) is 0. The zero-order valence-electron chi connectivity index (χ0n) is 8.85. The van der Waals surface area contributed by atoms with E-state index >= 15 is 0 Å². The van der Waals surface area contributed by atoms with E-state index < -0.39 is 0 Å². The average Bonchev–Trinajstić information content (AvgIpc) is 2.84. The molecule has 2 atom stereocenters. The van der Waals surface area contributed by atoms with Crippen LogP contribution in [0.25, 0.3) is 0 Å². The molecule has 0 N–H and O–H groups in total. The third kappa shape index (κ3) is 3.07. The van der Waals surface area contributed by atoms with Gasteiger partial charge in [0.2, 0.25) is 0 Å². The number of esters is 2. The summed E-state index contributed by atoms with van der Waals surface area (Å²) in [5.41, 5.74) is 0. The molecule has 0 spiro atoms. The van der Waals surface area contributed by atoms with Crippen LogP contribution in [0.15, 0.2) is 0 Å². The minimum Gasteiger partial charge on any atom is -0.465 e. The van der Waals surface area contributed by atoms with Crippen LogP contribution in [0.3, 0.4) is 0 Å². The van der Waals surface area contributed by atoms with E-state index in [1.807, 2.05) is 0 Å². The molecular formula is C10H14O4S2. The molecule has 2 fully saturated rings. The molecule has 0 radical (unpaired) electrons. The molecule has 0 aromatic rings. The Morgan fingerprint density at radius 2 is 1.38 bits per heavy atom. The van der Waals surface area contributed by atoms with E-state index in [9.17, 15) is 9.59 Å². The van der Waals surface area contributed by atoms with Crippen molar-refractivity contribution in [2.24, 2.45) is 11.8 Å². The smallest absolute Gasteiger partial charge is 0.309 e. The number of carbonyl (C=O) groups is 2. The number of hydrogen-bond acceptors (Lipinski definition) is 6. The molecule has 4 nitrogen and oxygen atoms in total. The first-order valence-electron chi connectivity index (χ1n) is 5.35. The highest BCUT2D eigenvalue weighted by molar-refractivity contribution is 8.76. The van der Waals surface area contributed by atoms with Gasteiger partial charge in [0, 0.05) is 11.5 Å². The first kappa shape index (κ1) is 12.1. The molecule has 0 aromatic heterocycles. The van der Waals surface area contributed by atoms with Crippen LogP contribution in [0.2, 0.25) is 0 Å². The van der Waals surface area contributed by atoms with E-state index in [1.165, 1.54) is 0 Å². The van der Waals surface area contributed by atoms with Crippen LogP contribution in [-0.2, 0) is 19.1 Å². The highest BCUT2D eigenvalue weighted by atomic mass is 33.1. The lowest BCUT2D eigenvalue weighted by molar-refractivity contribution is -0.141. The van der Waals surface area contributed by atoms with Crippen LogP contribution in [0.5, 0.6) is 0 Å². The summed E-state index contributed by atoms with van der Waals surface area (Å²) in [6.45, 7) is 1.12. The molecule has 0 aliphatic carbocycles. The lowest BCUT2D eigenvalue weighted by Gasteiger charge is -2.06. The van der Waals surface area contributed by atoms with Gasteiger partial charge in [-0.2, -0.15) is 0 Å². The van der Waals surface area contributed by atoms with E-state index in [0.717, 1.165) is 24.3 Å². The maximum Gasteiger partial charge on any atom is 0.309 e. The SMILES string of the molecule is O=C1OCCC1CSSCC1CCOC1=O. The molecule has 0 aromatic carbocycles. The summed E-state index contributed by atoms with van der Waals surface area (Å²) < 4.78 is 9.75. The molecule has 6 heteroatoms. The van der Waals surface area contributed by atoms with Gasteiger partial charge in [-0.05, 0) is 12.8 Å². The van der Waals surface area contributed by atoms with Crippen LogP contribution in [-0.4, -0.2) is 36.7 Å². The first-order valence-corrected chi connectivity index (χ1v) is 7.84. The van der Waals surface area contributed by atoms with Gasteiger partial charge in [-0.15, -0.1) is 0 Å². The number of cyclic esters (lactones) is 2. The predicted molar refractivity (Wildman–Crippen MR) is 63.0 cm³/mol. The minimum atomic E-state index is -0.0756. The van der Waals surface area contributed by atoms with Crippen molar-refractivity contribution in [2.45, 2.75) is 12.8 Å². The fourth-order valence-electron chi connectivity index (χ4n) is 1.64. The van der Waals surface area contributed by atoms with Gasteiger partial charge in [-0.25, -0.2) is 0 Å². The normalized spacial score (nSPS) is 29.2. The second-order valence-corrected chi connectivity index (χ2v) is 6.43. The Hall–Kier alpha value is -0.360. The van der Waals surface area contributed by atoms with Crippen molar-refractivity contribution < 1.29 is 19.1 Å². The molecule has 2 unspecified atom stereocenters. The van der Waals surface area contributed by atoms with Crippen LogP contribution in [0.1, 0.15) is 12.8 Å². The zero-order valence-corrected chi connectivity index (χ0v) is 10.5. The van der Waals surface area contributed by atoms with E-state index in [1.54, 1.807) is 21.6 Å². The second kappa shape index (κ2) is 5.82. The molecule has 16 heavy (non-hydrogen) atoms. The summed E-state index contributed by atoms with van der Waals surface area (Å²) >= 11 is 0. The highest BCUT2D eigenvalue weighted by Gasteiger charge is 2.28. The van der Waals surface area contributed by atoms with E-state index in [4.69, 9.17) is 9.47 Å². The summed E-state index contributed by atoms with van der Waals surface area (Å²) in [4.78, 5) is 22.3. The number of ether oxygens (including phenoxy) is 2. The van der Waals surface area contributed by atoms with Crippen molar-refractivity contribution >= 4 is 33.5 Å². The van der Waals surface area contributed by atoms with Crippen LogP contribution in [0.4, 0.5) is 0 Å². The second-order valence-electron chi connectivity index (χ2n) is 3.88. The summed E-state index contributed by atoms with van der Waals surface area (Å²) in [6.07, 6.45) is 1.66. The number of rotatable bonds is 5. The largest absolute Gasteiger partial charge is 0.465 e. The Bertz CT molecular complexity index is 254. The van der Waals surface area contributed by atoms with Gasteiger partial charge in [0.05, 0.1) is 25.0 Å². The van der Waals surface area contributed by atoms with Gasteiger partial charge >= 0.3 is 11.9 Å². The molecule has 0 bridgehead atoms. The molecule has 0 saturated carbocycles. The van der Waals surface area contributed by atoms with Gasteiger partial charge in [0.15, 0.2) is 0 Å². The van der Waals surface area contributed by atoms with Gasteiger partial charge < -0.3 is 9.47 Å². The maximum atomic E-state index is 11.2. The van der Waals surface area contributed by atoms with Gasteiger partial charge in [-0.3, -0.25) is 9.59 Å². The van der Waals surface area contributed by atoms with Crippen LogP contribution in [0, 0.1) is 11.8 Å². The summed E-state index contributed by atoms with van der Waals surface area (Å²) in [5, 5.41) is 0. The summed E-state index contributed by atoms with van der Waals surface area (Å²) in [7, 11) is 3.30. The minimum absolute atomic E-state index is 0.0491. The average molecular weight is 262 g/mol. The fraction of sp³-hybridized carbons (Fsp3) is 0.800. The Balaban J connectivity index is 1.58. The zero-order chi connectivity index (χ0) is 11.4. The van der Waals surface area contributed by atoms with Gasteiger partial charge in [0.1, 0.15) is 0 Å². The topological polar surface area (TPSA) is 52.6 Å². The molecular weight excluding hydrogens is 248 g/mol. The van der Waals surface area contributed by atoms with Gasteiger partial charge in [0.25, 0.3) is 0 Å². The Morgan fingerprint density at radius 3 is 1.69 bits per heavy atom. The van der Waals surface area contributed by atoms with Crippen molar-refractivity contribution in [3.63, 3.8) is 0 Å². The van der Waals surface area contributed by atoms with E-state index in [-0.39, 0.29) is 23.8 Å². The Morgan fingerprint density at radius 1 is 0.938 bits per heavy atom. The monoisotopic (exact) mass is 262 g/mol. The van der Waals surface area contributed by atoms with Gasteiger partial charge in [-0.1, -0.05) is 21.6 Å². The predicted octanol–water partition coefficient (Wildman–Crippen LogP) is 1.49. The lowest BCUT2D eigenvalue weighted by Crippen LogP contribution is -2.11. The fourth-order valence-corrected chi connectivity index (χ4v) is 4.33. The molecule has 2 heterocycles. The quantitative estimate of drug-likeness (QED) is 0.425. The number of carbonyl (C=O) groups excluding carboxylic acids is 2. The molecule has 2 saturated heterocycles. The molecule has 2 rings (SSSR count). The van der Waals surface area contributed by atoms with Crippen molar-refractivity contribution in [3.05, 3.63) is 0 Å². The lowest BCUT2D eigenvalue weighted by atomic mass is 10.1. The molecule has 2 aliphatic heterocycles. The van der Waals surface area contributed by atoms with Crippen molar-refractivity contribution in [1.82, 2.24) is 0 Å². The van der Waals surface area contributed by atoms with Crippen LogP contribution < -0.4 is 0 Å². The molecule has 0 amide bonds. The Kier molecular flexibility index (Phi) is 4.40. The summed E-state index contributed by atoms with van der Waals surface area (Å²) in [6, 6.07) is 0.